The summed E-state index contributed by atoms with van der Waals surface area (Å²) in [4.78, 5) is 10.5. The Balaban J connectivity index is 1.83. The van der Waals surface area contributed by atoms with Crippen LogP contribution in [-0.2, 0) is 9.53 Å². The second kappa shape index (κ2) is 9.60. The van der Waals surface area contributed by atoms with E-state index in [0.717, 1.165) is 12.7 Å². The lowest BCUT2D eigenvalue weighted by molar-refractivity contribution is -0.116. The third-order valence-corrected chi connectivity index (χ3v) is 3.41. The van der Waals surface area contributed by atoms with Crippen LogP contribution < -0.4 is 5.32 Å². The second-order valence-corrected chi connectivity index (χ2v) is 5.02. The molecule has 2 atom stereocenters. The molecule has 0 saturated carbocycles. The van der Waals surface area contributed by atoms with E-state index in [9.17, 15) is 4.79 Å². The molecule has 0 spiro atoms. The number of hydrogen-bond acceptors (Lipinski definition) is 3. The number of carbonyl (C=O) groups is 1. The highest BCUT2D eigenvalue weighted by molar-refractivity contribution is 5.55. The van der Waals surface area contributed by atoms with E-state index < -0.39 is 0 Å². The van der Waals surface area contributed by atoms with Crippen LogP contribution in [0.15, 0.2) is 0 Å². The average Bonchev–Trinajstić information content (AvgIpc) is 2.80. The maximum Gasteiger partial charge on any atom is 0.164 e. The minimum Gasteiger partial charge on any atom is -0.355 e. The van der Waals surface area contributed by atoms with E-state index in [2.05, 4.69) is 12.2 Å². The molecular weight excluding hydrogens is 214 g/mol. The van der Waals surface area contributed by atoms with Crippen LogP contribution in [0.2, 0.25) is 0 Å². The number of carbonyl (C=O) groups excluding carboxylic acids is 1. The van der Waals surface area contributed by atoms with Crippen molar-refractivity contribution >= 4 is 6.29 Å². The highest BCUT2D eigenvalue weighted by Crippen LogP contribution is 2.13. The number of ether oxygens (including phenoxy) is 1. The Bertz CT molecular complexity index is 197. The topological polar surface area (TPSA) is 38.3 Å². The minimum absolute atomic E-state index is 0.353. The van der Waals surface area contributed by atoms with E-state index in [1.54, 1.807) is 0 Å². The zero-order chi connectivity index (χ0) is 12.3. The number of aldehydes is 1. The summed E-state index contributed by atoms with van der Waals surface area (Å²) in [6.45, 7) is 2.95. The molecule has 17 heavy (non-hydrogen) atoms. The molecule has 0 amide bonds. The van der Waals surface area contributed by atoms with Gasteiger partial charge in [0.2, 0.25) is 0 Å². The lowest BCUT2D eigenvalue weighted by Gasteiger charge is -2.08. The molecule has 0 aromatic rings. The predicted octanol–water partition coefficient (Wildman–Crippen LogP) is 3.03. The van der Waals surface area contributed by atoms with Gasteiger partial charge in [0.15, 0.2) is 12.5 Å². The first kappa shape index (κ1) is 14.7. The Morgan fingerprint density at radius 3 is 2.35 bits per heavy atom. The molecule has 1 saturated heterocycles. The van der Waals surface area contributed by atoms with Crippen LogP contribution in [-0.4, -0.2) is 25.2 Å². The van der Waals surface area contributed by atoms with Gasteiger partial charge in [-0.1, -0.05) is 58.3 Å². The van der Waals surface area contributed by atoms with Gasteiger partial charge in [0, 0.05) is 6.04 Å². The van der Waals surface area contributed by atoms with Crippen molar-refractivity contribution < 1.29 is 9.53 Å². The van der Waals surface area contributed by atoms with E-state index in [0.29, 0.717) is 12.6 Å². The second-order valence-electron chi connectivity index (χ2n) is 5.02. The van der Waals surface area contributed by atoms with Crippen molar-refractivity contribution in [2.24, 2.45) is 0 Å². The number of hydrogen-bond donors (Lipinski definition) is 1. The summed E-state index contributed by atoms with van der Waals surface area (Å²) in [5.74, 6) is 0. The zero-order valence-corrected chi connectivity index (χ0v) is 11.1. The van der Waals surface area contributed by atoms with Crippen LogP contribution in [0, 0.1) is 0 Å². The van der Waals surface area contributed by atoms with Gasteiger partial charge in [-0.25, -0.2) is 0 Å². The molecule has 1 aliphatic rings. The molecule has 3 heteroatoms. The van der Waals surface area contributed by atoms with E-state index in [-0.39, 0.29) is 6.23 Å². The molecule has 0 aliphatic carbocycles. The predicted molar refractivity (Wildman–Crippen MR) is 70.0 cm³/mol. The van der Waals surface area contributed by atoms with Gasteiger partial charge in [-0.3, -0.25) is 10.1 Å². The standard InChI is InChI=1S/C14H27NO2/c1-2-3-4-5-6-7-8-9-10-13-12-17-14(11-16)15-13/h11,13-15H,2-10,12H2,1H3. The van der Waals surface area contributed by atoms with Crippen LogP contribution in [0.1, 0.15) is 64.7 Å². The summed E-state index contributed by atoms with van der Waals surface area (Å²) in [5.41, 5.74) is 0. The molecule has 0 aromatic heterocycles. The van der Waals surface area contributed by atoms with Crippen molar-refractivity contribution in [2.75, 3.05) is 6.61 Å². The third-order valence-electron chi connectivity index (χ3n) is 3.41. The highest BCUT2D eigenvalue weighted by atomic mass is 16.5. The van der Waals surface area contributed by atoms with Gasteiger partial charge in [-0.15, -0.1) is 0 Å². The molecule has 1 fully saturated rings. The van der Waals surface area contributed by atoms with Gasteiger partial charge < -0.3 is 4.74 Å². The van der Waals surface area contributed by atoms with E-state index in [1.807, 2.05) is 0 Å². The van der Waals surface area contributed by atoms with Crippen LogP contribution in [0.5, 0.6) is 0 Å². The molecular formula is C14H27NO2. The molecule has 3 nitrogen and oxygen atoms in total. The fraction of sp³-hybridized carbons (Fsp3) is 0.929. The first-order valence-corrected chi connectivity index (χ1v) is 7.19. The van der Waals surface area contributed by atoms with Crippen molar-refractivity contribution in [3.05, 3.63) is 0 Å². The van der Waals surface area contributed by atoms with Gasteiger partial charge in [0.05, 0.1) is 6.61 Å². The normalized spacial score (nSPS) is 24.1. The van der Waals surface area contributed by atoms with Crippen molar-refractivity contribution in [1.82, 2.24) is 5.32 Å². The van der Waals surface area contributed by atoms with Crippen molar-refractivity contribution in [2.45, 2.75) is 77.0 Å². The fourth-order valence-electron chi connectivity index (χ4n) is 2.32. The zero-order valence-electron chi connectivity index (χ0n) is 11.1. The minimum atomic E-state index is -0.353. The number of unbranched alkanes of at least 4 members (excludes halogenated alkanes) is 7. The molecule has 1 heterocycles. The highest BCUT2D eigenvalue weighted by Gasteiger charge is 2.22. The molecule has 0 radical (unpaired) electrons. The largest absolute Gasteiger partial charge is 0.355 e. The maximum absolute atomic E-state index is 10.5. The van der Waals surface area contributed by atoms with Crippen molar-refractivity contribution in [3.8, 4) is 0 Å². The van der Waals surface area contributed by atoms with Crippen LogP contribution >= 0.6 is 0 Å². The smallest absolute Gasteiger partial charge is 0.164 e. The molecule has 0 bridgehead atoms. The molecule has 1 aliphatic heterocycles. The number of nitrogens with one attached hydrogen (secondary N) is 1. The number of rotatable bonds is 10. The third kappa shape index (κ3) is 6.79. The molecule has 0 aromatic carbocycles. The monoisotopic (exact) mass is 241 g/mol. The van der Waals surface area contributed by atoms with E-state index in [4.69, 9.17) is 4.74 Å². The van der Waals surface area contributed by atoms with Gasteiger partial charge in [0.1, 0.15) is 0 Å². The van der Waals surface area contributed by atoms with Crippen molar-refractivity contribution in [1.29, 1.82) is 0 Å². The van der Waals surface area contributed by atoms with Crippen molar-refractivity contribution in [3.63, 3.8) is 0 Å². The molecule has 2 unspecified atom stereocenters. The first-order chi connectivity index (χ1) is 8.36. The van der Waals surface area contributed by atoms with Gasteiger partial charge >= 0.3 is 0 Å². The van der Waals surface area contributed by atoms with Crippen LogP contribution in [0.3, 0.4) is 0 Å². The van der Waals surface area contributed by atoms with Crippen LogP contribution in [0.25, 0.3) is 0 Å². The summed E-state index contributed by atoms with van der Waals surface area (Å²) in [6, 6.07) is 0.394. The Hall–Kier alpha value is -0.410. The molecule has 1 N–H and O–H groups in total. The Morgan fingerprint density at radius 2 is 1.76 bits per heavy atom. The summed E-state index contributed by atoms with van der Waals surface area (Å²) in [5, 5.41) is 3.17. The summed E-state index contributed by atoms with van der Waals surface area (Å²) in [6.07, 6.45) is 12.4. The average molecular weight is 241 g/mol. The molecule has 100 valence electrons. The summed E-state index contributed by atoms with van der Waals surface area (Å²) >= 11 is 0. The quantitative estimate of drug-likeness (QED) is 0.472. The lowest BCUT2D eigenvalue weighted by atomic mass is 10.1. The Morgan fingerprint density at radius 1 is 1.12 bits per heavy atom. The molecule has 1 rings (SSSR count). The van der Waals surface area contributed by atoms with Gasteiger partial charge in [-0.05, 0) is 6.42 Å². The summed E-state index contributed by atoms with van der Waals surface area (Å²) < 4.78 is 5.26. The maximum atomic E-state index is 10.5. The van der Waals surface area contributed by atoms with E-state index >= 15 is 0 Å². The van der Waals surface area contributed by atoms with Crippen LogP contribution in [0.4, 0.5) is 0 Å². The fourth-order valence-corrected chi connectivity index (χ4v) is 2.32. The Kier molecular flexibility index (Phi) is 8.28. The SMILES string of the molecule is CCCCCCCCCCC1COC(C=O)N1. The van der Waals surface area contributed by atoms with Gasteiger partial charge in [-0.2, -0.15) is 0 Å². The van der Waals surface area contributed by atoms with E-state index in [1.165, 1.54) is 51.4 Å². The summed E-state index contributed by atoms with van der Waals surface area (Å²) in [7, 11) is 0. The lowest BCUT2D eigenvalue weighted by Crippen LogP contribution is -2.31. The van der Waals surface area contributed by atoms with Gasteiger partial charge in [0.25, 0.3) is 0 Å². The first-order valence-electron chi connectivity index (χ1n) is 7.19. The Labute approximate surface area is 105 Å².